The topological polar surface area (TPSA) is 87.0 Å². The molecule has 7 heteroatoms. The monoisotopic (exact) mass is 367 g/mol. The average Bonchev–Trinajstić information content (AvgIpc) is 3.31. The number of ether oxygens (including phenoxy) is 3. The predicted octanol–water partition coefficient (Wildman–Crippen LogP) is 3.20. The molecule has 138 valence electrons. The van der Waals surface area contributed by atoms with Crippen molar-refractivity contribution in [2.24, 2.45) is 0 Å². The van der Waals surface area contributed by atoms with Crippen LogP contribution in [0, 0.1) is 0 Å². The number of carbonyl (C=O) groups excluding carboxylic acids is 2. The van der Waals surface area contributed by atoms with Gasteiger partial charge in [0.05, 0.1) is 6.04 Å². The minimum absolute atomic E-state index is 0.0628. The van der Waals surface area contributed by atoms with Crippen LogP contribution in [0.4, 0.5) is 0 Å². The summed E-state index contributed by atoms with van der Waals surface area (Å²) < 4.78 is 21.1. The third kappa shape index (κ3) is 3.57. The fourth-order valence-electron chi connectivity index (χ4n) is 2.83. The first-order chi connectivity index (χ1) is 13.1. The molecule has 1 aliphatic heterocycles. The van der Waals surface area contributed by atoms with Crippen LogP contribution in [-0.2, 0) is 9.53 Å². The first kappa shape index (κ1) is 17.0. The summed E-state index contributed by atoms with van der Waals surface area (Å²) in [5, 5.41) is 3.57. The molecule has 1 aliphatic rings. The molecule has 4 rings (SSSR count). The Hall–Kier alpha value is -3.48. The number of nitrogens with one attached hydrogen (secondary N) is 1. The van der Waals surface area contributed by atoms with E-state index in [0.717, 1.165) is 10.9 Å². The minimum Gasteiger partial charge on any atom is -0.454 e. The number of hydrogen-bond acceptors (Lipinski definition) is 6. The van der Waals surface area contributed by atoms with E-state index < -0.39 is 18.5 Å². The van der Waals surface area contributed by atoms with E-state index >= 15 is 0 Å². The molecule has 2 aromatic carbocycles. The summed E-state index contributed by atoms with van der Waals surface area (Å²) in [5.74, 6) is 0.288. The second kappa shape index (κ2) is 7.03. The molecule has 0 saturated heterocycles. The molecule has 1 aromatic heterocycles. The number of fused-ring (bicyclic) bond motifs is 2. The quantitative estimate of drug-likeness (QED) is 0.697. The van der Waals surface area contributed by atoms with Crippen molar-refractivity contribution in [2.45, 2.75) is 13.0 Å². The number of para-hydroxylation sites is 1. The maximum atomic E-state index is 12.1. The molecule has 27 heavy (non-hydrogen) atoms. The molecule has 0 spiro atoms. The lowest BCUT2D eigenvalue weighted by molar-refractivity contribution is -0.124. The first-order valence-corrected chi connectivity index (χ1v) is 8.45. The molecular formula is C20H17NO6. The third-order valence-corrected chi connectivity index (χ3v) is 4.24. The van der Waals surface area contributed by atoms with Gasteiger partial charge in [0.1, 0.15) is 5.58 Å². The Kier molecular flexibility index (Phi) is 4.42. The number of benzene rings is 2. The number of furan rings is 1. The number of esters is 1. The van der Waals surface area contributed by atoms with Gasteiger partial charge in [0.25, 0.3) is 5.91 Å². The summed E-state index contributed by atoms with van der Waals surface area (Å²) in [4.78, 5) is 24.2. The largest absolute Gasteiger partial charge is 0.454 e. The number of rotatable bonds is 5. The molecule has 1 N–H and O–H groups in total. The summed E-state index contributed by atoms with van der Waals surface area (Å²) in [6.45, 7) is 1.62. The maximum absolute atomic E-state index is 12.1. The fraction of sp³-hybridized carbons (Fsp3) is 0.200. The number of amides is 1. The smallest absolute Gasteiger partial charge is 0.374 e. The van der Waals surface area contributed by atoms with Crippen LogP contribution >= 0.6 is 0 Å². The van der Waals surface area contributed by atoms with Gasteiger partial charge in [-0.05, 0) is 36.8 Å². The molecule has 1 atom stereocenters. The van der Waals surface area contributed by atoms with Crippen LogP contribution in [0.25, 0.3) is 11.0 Å². The van der Waals surface area contributed by atoms with Crippen molar-refractivity contribution in [1.82, 2.24) is 5.32 Å². The molecule has 0 bridgehead atoms. The Morgan fingerprint density at radius 3 is 2.78 bits per heavy atom. The highest BCUT2D eigenvalue weighted by atomic mass is 16.7. The molecule has 0 unspecified atom stereocenters. The summed E-state index contributed by atoms with van der Waals surface area (Å²) in [5.41, 5.74) is 1.45. The van der Waals surface area contributed by atoms with Crippen LogP contribution in [0.2, 0.25) is 0 Å². The van der Waals surface area contributed by atoms with Gasteiger partial charge in [0, 0.05) is 5.39 Å². The lowest BCUT2D eigenvalue weighted by atomic mass is 10.1. The summed E-state index contributed by atoms with van der Waals surface area (Å²) in [6, 6.07) is 14.0. The van der Waals surface area contributed by atoms with E-state index in [0.29, 0.717) is 17.1 Å². The molecular weight excluding hydrogens is 350 g/mol. The zero-order chi connectivity index (χ0) is 18.8. The Labute approximate surface area is 154 Å². The Morgan fingerprint density at radius 2 is 1.93 bits per heavy atom. The highest BCUT2D eigenvalue weighted by Gasteiger charge is 2.19. The van der Waals surface area contributed by atoms with Gasteiger partial charge in [-0.1, -0.05) is 24.3 Å². The van der Waals surface area contributed by atoms with Gasteiger partial charge in [-0.25, -0.2) is 4.79 Å². The second-order valence-corrected chi connectivity index (χ2v) is 6.13. The van der Waals surface area contributed by atoms with Crippen molar-refractivity contribution >= 4 is 22.8 Å². The fourth-order valence-corrected chi connectivity index (χ4v) is 2.83. The lowest BCUT2D eigenvalue weighted by Gasteiger charge is -2.14. The molecule has 1 amide bonds. The van der Waals surface area contributed by atoms with E-state index in [1.807, 2.05) is 37.3 Å². The molecule has 3 aromatic rings. The van der Waals surface area contributed by atoms with Crippen LogP contribution in [-0.4, -0.2) is 25.3 Å². The molecule has 0 radical (unpaired) electrons. The van der Waals surface area contributed by atoms with Crippen molar-refractivity contribution in [3.63, 3.8) is 0 Å². The lowest BCUT2D eigenvalue weighted by Crippen LogP contribution is -2.31. The standard InChI is InChI=1S/C20H17NO6/c1-12(13-6-7-16-17(8-13)26-11-25-16)21-19(22)10-24-20(23)18-9-14-4-2-3-5-15(14)27-18/h2-9,12H,10-11H2,1H3,(H,21,22)/t12-/m0/s1. The normalized spacial score (nSPS) is 13.4. The van der Waals surface area contributed by atoms with Gasteiger partial charge in [-0.15, -0.1) is 0 Å². The minimum atomic E-state index is -0.683. The zero-order valence-corrected chi connectivity index (χ0v) is 14.6. The number of carbonyl (C=O) groups is 2. The predicted molar refractivity (Wildman–Crippen MR) is 95.6 cm³/mol. The zero-order valence-electron chi connectivity index (χ0n) is 14.6. The molecule has 0 aliphatic carbocycles. The number of hydrogen-bond donors (Lipinski definition) is 1. The molecule has 0 saturated carbocycles. The van der Waals surface area contributed by atoms with E-state index in [-0.39, 0.29) is 18.6 Å². The van der Waals surface area contributed by atoms with Gasteiger partial charge in [-0.3, -0.25) is 4.79 Å². The van der Waals surface area contributed by atoms with Gasteiger partial charge >= 0.3 is 5.97 Å². The van der Waals surface area contributed by atoms with Crippen LogP contribution in [0.3, 0.4) is 0 Å². The van der Waals surface area contributed by atoms with Crippen LogP contribution in [0.1, 0.15) is 29.1 Å². The van der Waals surface area contributed by atoms with Crippen molar-refractivity contribution in [1.29, 1.82) is 0 Å². The summed E-state index contributed by atoms with van der Waals surface area (Å²) >= 11 is 0. The van der Waals surface area contributed by atoms with Gasteiger partial charge < -0.3 is 23.9 Å². The van der Waals surface area contributed by atoms with E-state index in [1.54, 1.807) is 18.2 Å². The highest BCUT2D eigenvalue weighted by Crippen LogP contribution is 2.34. The molecule has 2 heterocycles. The van der Waals surface area contributed by atoms with Crippen molar-refractivity contribution in [3.8, 4) is 11.5 Å². The van der Waals surface area contributed by atoms with Crippen LogP contribution in [0.5, 0.6) is 11.5 Å². The molecule has 0 fully saturated rings. The van der Waals surface area contributed by atoms with Crippen molar-refractivity contribution < 1.29 is 28.2 Å². The van der Waals surface area contributed by atoms with Gasteiger partial charge in [-0.2, -0.15) is 0 Å². The Bertz CT molecular complexity index is 976. The van der Waals surface area contributed by atoms with E-state index in [9.17, 15) is 9.59 Å². The first-order valence-electron chi connectivity index (χ1n) is 8.45. The third-order valence-electron chi connectivity index (χ3n) is 4.24. The maximum Gasteiger partial charge on any atom is 0.374 e. The molecule has 7 nitrogen and oxygen atoms in total. The summed E-state index contributed by atoms with van der Waals surface area (Å²) in [7, 11) is 0. The Morgan fingerprint density at radius 1 is 1.11 bits per heavy atom. The van der Waals surface area contributed by atoms with Crippen molar-refractivity contribution in [3.05, 3.63) is 59.9 Å². The van der Waals surface area contributed by atoms with Crippen molar-refractivity contribution in [2.75, 3.05) is 13.4 Å². The van der Waals surface area contributed by atoms with Crippen LogP contribution in [0.15, 0.2) is 52.9 Å². The van der Waals surface area contributed by atoms with E-state index in [4.69, 9.17) is 18.6 Å². The SMILES string of the molecule is C[C@H](NC(=O)COC(=O)c1cc2ccccc2o1)c1ccc2c(c1)OCO2. The van der Waals surface area contributed by atoms with Gasteiger partial charge in [0.15, 0.2) is 18.1 Å². The second-order valence-electron chi connectivity index (χ2n) is 6.13. The van der Waals surface area contributed by atoms with Crippen LogP contribution < -0.4 is 14.8 Å². The van der Waals surface area contributed by atoms with Gasteiger partial charge in [0.2, 0.25) is 12.6 Å². The Balaban J connectivity index is 1.33. The van der Waals surface area contributed by atoms with E-state index in [1.165, 1.54) is 0 Å². The highest BCUT2D eigenvalue weighted by molar-refractivity contribution is 5.93. The van der Waals surface area contributed by atoms with E-state index in [2.05, 4.69) is 5.32 Å². The average molecular weight is 367 g/mol. The summed E-state index contributed by atoms with van der Waals surface area (Å²) in [6.07, 6.45) is 0.